The van der Waals surface area contributed by atoms with Gasteiger partial charge in [-0.3, -0.25) is 0 Å². The molecule has 0 saturated heterocycles. The van der Waals surface area contributed by atoms with E-state index in [1.165, 1.54) is 7.11 Å². The summed E-state index contributed by atoms with van der Waals surface area (Å²) in [6, 6.07) is 4.94. The first kappa shape index (κ1) is 9.22. The quantitative estimate of drug-likeness (QED) is 0.716. The molecular weight excluding hydrogens is 178 g/mol. The maximum atomic E-state index is 8.51. The lowest BCUT2D eigenvalue weighted by atomic mass is 10.3. The van der Waals surface area contributed by atoms with E-state index < -0.39 is 7.69 Å². The molecule has 0 unspecified atom stereocenters. The van der Waals surface area contributed by atoms with Gasteiger partial charge in [0, 0.05) is 11.1 Å². The Kier molecular flexibility index (Phi) is 3.25. The minimum absolute atomic E-state index is 0.392. The molecule has 12 heavy (non-hydrogen) atoms. The summed E-state index contributed by atoms with van der Waals surface area (Å²) in [6.45, 7) is 0. The predicted molar refractivity (Wildman–Crippen MR) is 48.0 cm³/mol. The van der Waals surface area contributed by atoms with E-state index in [2.05, 4.69) is 0 Å². The summed E-state index contributed by atoms with van der Waals surface area (Å²) in [5, 5.41) is 9.05. The molecule has 0 atom stereocenters. The van der Waals surface area contributed by atoms with Gasteiger partial charge in [-0.25, -0.2) is 0 Å². The van der Waals surface area contributed by atoms with Gasteiger partial charge in [-0.15, -0.1) is 0 Å². The van der Waals surface area contributed by atoms with Crippen LogP contribution in [0.15, 0.2) is 18.2 Å². The summed E-state index contributed by atoms with van der Waals surface area (Å²) in [4.78, 5) is 0. The number of rotatable bonds is 3. The molecule has 0 radical (unpaired) electrons. The van der Waals surface area contributed by atoms with Crippen LogP contribution in [0.1, 0.15) is 0 Å². The summed E-state index contributed by atoms with van der Waals surface area (Å²) in [5.74, 6) is 0.987. The van der Waals surface area contributed by atoms with Gasteiger partial charge in [0.2, 0.25) is 0 Å². The zero-order valence-corrected chi connectivity index (χ0v) is 7.34. The van der Waals surface area contributed by atoms with Gasteiger partial charge >= 0.3 is 7.69 Å². The van der Waals surface area contributed by atoms with E-state index >= 15 is 0 Å². The maximum absolute atomic E-state index is 8.51. The van der Waals surface area contributed by atoms with E-state index in [1.54, 1.807) is 18.2 Å². The van der Waals surface area contributed by atoms with E-state index in [0.29, 0.717) is 16.5 Å². The Balaban J connectivity index is 2.95. The van der Waals surface area contributed by atoms with E-state index in [4.69, 9.17) is 26.0 Å². The highest BCUT2D eigenvalue weighted by molar-refractivity contribution is 6.30. The molecule has 5 heteroatoms. The van der Waals surface area contributed by atoms with Crippen LogP contribution < -0.4 is 9.39 Å². The van der Waals surface area contributed by atoms with Crippen LogP contribution in [0.25, 0.3) is 0 Å². The van der Waals surface area contributed by atoms with Crippen molar-refractivity contribution in [1.29, 1.82) is 0 Å². The van der Waals surface area contributed by atoms with Crippen molar-refractivity contribution < 1.29 is 14.4 Å². The fourth-order valence-electron chi connectivity index (χ4n) is 0.833. The van der Waals surface area contributed by atoms with Crippen LogP contribution in [0.5, 0.6) is 11.5 Å². The summed E-state index contributed by atoms with van der Waals surface area (Å²) in [7, 11) is 1.13. The lowest BCUT2D eigenvalue weighted by Crippen LogP contribution is -2.01. The standard InChI is InChI=1S/C7H8BClO3/c1-11-6-3-2-5(9)4-7(6)12-8-10/h2-4,8,10H,1H3. The summed E-state index contributed by atoms with van der Waals surface area (Å²) < 4.78 is 9.81. The molecule has 0 spiro atoms. The fraction of sp³-hybridized carbons (Fsp3) is 0.143. The second-order valence-electron chi connectivity index (χ2n) is 2.07. The molecule has 1 rings (SSSR count). The largest absolute Gasteiger partial charge is 0.536 e. The smallest absolute Gasteiger partial charge is 0.504 e. The highest BCUT2D eigenvalue weighted by Crippen LogP contribution is 2.29. The lowest BCUT2D eigenvalue weighted by molar-refractivity contribution is 0.381. The van der Waals surface area contributed by atoms with Crippen molar-refractivity contribution in [2.45, 2.75) is 0 Å². The third-order valence-corrected chi connectivity index (χ3v) is 1.58. The van der Waals surface area contributed by atoms with E-state index in [9.17, 15) is 0 Å². The predicted octanol–water partition coefficient (Wildman–Crippen LogP) is 0.986. The summed E-state index contributed by atoms with van der Waals surface area (Å²) in [6.07, 6.45) is 0. The Bertz CT molecular complexity index is 267. The third kappa shape index (κ3) is 2.06. The molecule has 0 bridgehead atoms. The van der Waals surface area contributed by atoms with E-state index in [0.717, 1.165) is 0 Å². The van der Waals surface area contributed by atoms with Crippen molar-refractivity contribution in [1.82, 2.24) is 0 Å². The van der Waals surface area contributed by atoms with Crippen molar-refractivity contribution in [3.63, 3.8) is 0 Å². The molecule has 0 aliphatic carbocycles. The Labute approximate surface area is 76.2 Å². The first-order valence-electron chi connectivity index (χ1n) is 3.35. The highest BCUT2D eigenvalue weighted by atomic mass is 35.5. The molecule has 0 heterocycles. The van der Waals surface area contributed by atoms with Crippen LogP contribution in [0.3, 0.4) is 0 Å². The van der Waals surface area contributed by atoms with Crippen LogP contribution >= 0.6 is 11.6 Å². The minimum atomic E-state index is -0.392. The first-order valence-corrected chi connectivity index (χ1v) is 3.73. The number of benzene rings is 1. The van der Waals surface area contributed by atoms with Gasteiger partial charge in [0.25, 0.3) is 0 Å². The highest BCUT2D eigenvalue weighted by Gasteiger charge is 2.03. The van der Waals surface area contributed by atoms with Gasteiger partial charge in [0.05, 0.1) is 7.11 Å². The van der Waals surface area contributed by atoms with Gasteiger partial charge in [-0.2, -0.15) is 0 Å². The average Bonchev–Trinajstić information content (AvgIpc) is 2.05. The molecule has 1 N–H and O–H groups in total. The topological polar surface area (TPSA) is 38.7 Å². The SMILES string of the molecule is COc1ccc(Cl)cc1OBO. The molecule has 3 nitrogen and oxygen atoms in total. The van der Waals surface area contributed by atoms with Crippen molar-refractivity contribution >= 4 is 19.3 Å². The lowest BCUT2D eigenvalue weighted by Gasteiger charge is -2.07. The minimum Gasteiger partial charge on any atom is -0.536 e. The molecule has 0 aliphatic heterocycles. The maximum Gasteiger partial charge on any atom is 0.504 e. The van der Waals surface area contributed by atoms with Crippen LogP contribution in [0.2, 0.25) is 5.02 Å². The molecule has 0 aliphatic rings. The molecular formula is C7H8BClO3. The summed E-state index contributed by atoms with van der Waals surface area (Å²) in [5.41, 5.74) is 0. The van der Waals surface area contributed by atoms with Crippen LogP contribution in [0, 0.1) is 0 Å². The van der Waals surface area contributed by atoms with Gasteiger partial charge in [-0.1, -0.05) is 11.6 Å². The molecule has 0 aromatic heterocycles. The Hall–Kier alpha value is -0.865. The zero-order valence-electron chi connectivity index (χ0n) is 6.58. The van der Waals surface area contributed by atoms with Gasteiger partial charge in [-0.05, 0) is 12.1 Å². The molecule has 0 fully saturated rings. The van der Waals surface area contributed by atoms with Crippen molar-refractivity contribution in [2.24, 2.45) is 0 Å². The third-order valence-electron chi connectivity index (χ3n) is 1.35. The Morgan fingerprint density at radius 1 is 1.42 bits per heavy atom. The normalized spacial score (nSPS) is 9.25. The average molecular weight is 186 g/mol. The molecule has 1 aromatic rings. The number of ether oxygens (including phenoxy) is 1. The second-order valence-corrected chi connectivity index (χ2v) is 2.51. The number of hydrogen-bond acceptors (Lipinski definition) is 3. The van der Waals surface area contributed by atoms with Gasteiger partial charge in [0.15, 0.2) is 5.75 Å². The molecule has 0 saturated carbocycles. The van der Waals surface area contributed by atoms with E-state index in [1.807, 2.05) is 0 Å². The molecule has 64 valence electrons. The monoisotopic (exact) mass is 186 g/mol. The van der Waals surface area contributed by atoms with Gasteiger partial charge in [0.1, 0.15) is 5.75 Å². The van der Waals surface area contributed by atoms with Crippen molar-refractivity contribution in [3.05, 3.63) is 23.2 Å². The summed E-state index contributed by atoms with van der Waals surface area (Å²) >= 11 is 5.69. The molecule has 1 aromatic carbocycles. The fourth-order valence-corrected chi connectivity index (χ4v) is 0.995. The van der Waals surface area contributed by atoms with Crippen molar-refractivity contribution in [3.8, 4) is 11.5 Å². The zero-order chi connectivity index (χ0) is 8.97. The molecule has 0 amide bonds. The Morgan fingerprint density at radius 2 is 2.17 bits per heavy atom. The number of halogens is 1. The van der Waals surface area contributed by atoms with Crippen LogP contribution in [-0.4, -0.2) is 19.8 Å². The van der Waals surface area contributed by atoms with E-state index in [-0.39, 0.29) is 0 Å². The Morgan fingerprint density at radius 3 is 2.75 bits per heavy atom. The second kappa shape index (κ2) is 4.23. The van der Waals surface area contributed by atoms with Gasteiger partial charge < -0.3 is 14.4 Å². The number of hydrogen-bond donors (Lipinski definition) is 1. The number of methoxy groups -OCH3 is 1. The first-order chi connectivity index (χ1) is 5.77. The van der Waals surface area contributed by atoms with Crippen LogP contribution in [0.4, 0.5) is 0 Å². The van der Waals surface area contributed by atoms with Crippen molar-refractivity contribution in [2.75, 3.05) is 7.11 Å². The van der Waals surface area contributed by atoms with Crippen LogP contribution in [-0.2, 0) is 0 Å².